The number of nitrogens with zero attached hydrogens (tertiary/aromatic N) is 2. The molecule has 0 amide bonds. The van der Waals surface area contributed by atoms with Gasteiger partial charge in [0.25, 0.3) is 0 Å². The number of aliphatic imine (C=N–C) groups is 1. The molecule has 4 rings (SSSR count). The highest BCUT2D eigenvalue weighted by molar-refractivity contribution is 6.37. The molecule has 2 aliphatic heterocycles. The molecule has 1 atom stereocenters. The van der Waals surface area contributed by atoms with Crippen molar-refractivity contribution in [2.75, 3.05) is 0 Å². The van der Waals surface area contributed by atoms with Gasteiger partial charge in [0, 0.05) is 23.8 Å². The Kier molecular flexibility index (Phi) is 3.82. The van der Waals surface area contributed by atoms with E-state index >= 15 is 0 Å². The number of benzene rings is 2. The first-order valence-corrected chi connectivity index (χ1v) is 8.03. The number of carbonyl (C=O) groups is 1. The Morgan fingerprint density at radius 1 is 1.00 bits per heavy atom. The Bertz CT molecular complexity index is 928. The molecule has 0 radical (unpaired) electrons. The molecule has 0 saturated carbocycles. The molecule has 2 aromatic rings. The number of rotatable bonds is 4. The predicted molar refractivity (Wildman–Crippen MR) is 96.8 cm³/mol. The van der Waals surface area contributed by atoms with E-state index in [9.17, 15) is 9.70 Å². The van der Waals surface area contributed by atoms with E-state index < -0.39 is 6.04 Å². The normalized spacial score (nSPS) is 19.0. The molecule has 0 fully saturated rings. The van der Waals surface area contributed by atoms with Crippen LogP contribution >= 0.6 is 0 Å². The van der Waals surface area contributed by atoms with Crippen molar-refractivity contribution in [1.29, 1.82) is 0 Å². The molecule has 0 aromatic heterocycles. The van der Waals surface area contributed by atoms with Gasteiger partial charge in [0.1, 0.15) is 6.04 Å². The van der Waals surface area contributed by atoms with Crippen molar-refractivity contribution in [3.63, 3.8) is 0 Å². The molecule has 2 heterocycles. The fraction of sp³-hybridized carbons (Fsp3) is 0.100. The quantitative estimate of drug-likeness (QED) is 0.875. The van der Waals surface area contributed by atoms with Crippen LogP contribution in [0.4, 0.5) is 0 Å². The van der Waals surface area contributed by atoms with Gasteiger partial charge in [-0.1, -0.05) is 60.7 Å². The molecule has 1 N–H and O–H groups in total. The molecule has 122 valence electrons. The van der Waals surface area contributed by atoms with Crippen LogP contribution in [0.15, 0.2) is 88.4 Å². The monoisotopic (exact) mass is 329 g/mol. The van der Waals surface area contributed by atoms with Crippen molar-refractivity contribution < 1.29 is 4.79 Å². The fourth-order valence-corrected chi connectivity index (χ4v) is 3.22. The van der Waals surface area contributed by atoms with Crippen molar-refractivity contribution in [2.24, 2.45) is 10.2 Å². The summed E-state index contributed by atoms with van der Waals surface area (Å²) in [6.07, 6.45) is 1.85. The van der Waals surface area contributed by atoms with E-state index in [-0.39, 0.29) is 11.6 Å². The predicted octanol–water partition coefficient (Wildman–Crippen LogP) is 3.24. The standard InChI is InChI=1S/C20H15N3O2/c24-16-12-17(23-25)22-20-18(14-9-5-2-6-10-14)15(21-19(16)20)11-13-7-3-1-4-8-13/h1-10,12,19,21H,11H2. The summed E-state index contributed by atoms with van der Waals surface area (Å²) < 4.78 is 0. The molecule has 0 spiro atoms. The van der Waals surface area contributed by atoms with Gasteiger partial charge in [-0.3, -0.25) is 4.79 Å². The minimum absolute atomic E-state index is 0.0764. The maximum absolute atomic E-state index is 12.4. The highest BCUT2D eigenvalue weighted by atomic mass is 16.3. The van der Waals surface area contributed by atoms with E-state index in [0.717, 1.165) is 22.4 Å². The summed E-state index contributed by atoms with van der Waals surface area (Å²) in [4.78, 5) is 27.6. The van der Waals surface area contributed by atoms with Gasteiger partial charge < -0.3 is 5.32 Å². The maximum atomic E-state index is 12.4. The molecule has 0 bridgehead atoms. The molecular weight excluding hydrogens is 314 g/mol. The second kappa shape index (κ2) is 6.28. The zero-order chi connectivity index (χ0) is 17.2. The Balaban J connectivity index is 1.84. The zero-order valence-electron chi connectivity index (χ0n) is 13.3. The van der Waals surface area contributed by atoms with Gasteiger partial charge in [0.05, 0.1) is 5.71 Å². The number of hydrogen-bond acceptors (Lipinski definition) is 5. The number of nitroso groups, excluding NO2 is 1. The van der Waals surface area contributed by atoms with E-state index in [4.69, 9.17) is 0 Å². The summed E-state index contributed by atoms with van der Waals surface area (Å²) in [5, 5.41) is 6.14. The van der Waals surface area contributed by atoms with Crippen molar-refractivity contribution >= 4 is 17.1 Å². The first-order valence-electron chi connectivity index (χ1n) is 8.03. The first-order chi connectivity index (χ1) is 12.3. The van der Waals surface area contributed by atoms with Gasteiger partial charge in [-0.2, -0.15) is 0 Å². The summed E-state index contributed by atoms with van der Waals surface area (Å²) >= 11 is 0. The average Bonchev–Trinajstić information content (AvgIpc) is 3.01. The summed E-state index contributed by atoms with van der Waals surface area (Å²) in [7, 11) is 0. The number of fused-ring (bicyclic) bond motifs is 1. The molecule has 0 aliphatic carbocycles. The summed E-state index contributed by atoms with van der Waals surface area (Å²) in [5.74, 6) is -0.275. The Labute approximate surface area is 144 Å². The molecule has 2 aliphatic rings. The van der Waals surface area contributed by atoms with Gasteiger partial charge in [0.15, 0.2) is 11.6 Å². The largest absolute Gasteiger partial charge is 0.373 e. The lowest BCUT2D eigenvalue weighted by Gasteiger charge is -2.14. The SMILES string of the molecule is O=NC1=CC(=O)C2NC(Cc3ccccc3)=C(c3ccccc3)C2=N1. The van der Waals surface area contributed by atoms with Crippen molar-refractivity contribution in [3.8, 4) is 0 Å². The molecule has 25 heavy (non-hydrogen) atoms. The van der Waals surface area contributed by atoms with E-state index in [1.165, 1.54) is 6.08 Å². The van der Waals surface area contributed by atoms with Crippen LogP contribution in [0.1, 0.15) is 11.1 Å². The van der Waals surface area contributed by atoms with Crippen molar-refractivity contribution in [3.05, 3.63) is 94.3 Å². The van der Waals surface area contributed by atoms with Crippen LogP contribution in [0.5, 0.6) is 0 Å². The molecular formula is C20H15N3O2. The topological polar surface area (TPSA) is 70.9 Å². The Hall–Kier alpha value is -3.34. The summed E-state index contributed by atoms with van der Waals surface area (Å²) in [6, 6.07) is 19.2. The van der Waals surface area contributed by atoms with E-state index in [1.807, 2.05) is 60.7 Å². The van der Waals surface area contributed by atoms with Gasteiger partial charge in [-0.15, -0.1) is 4.91 Å². The number of allylic oxidation sites excluding steroid dienone is 1. The van der Waals surface area contributed by atoms with E-state index in [2.05, 4.69) is 15.5 Å². The minimum atomic E-state index is -0.556. The second-order valence-corrected chi connectivity index (χ2v) is 5.95. The number of hydrogen-bond donors (Lipinski definition) is 1. The zero-order valence-corrected chi connectivity index (χ0v) is 13.3. The third-order valence-corrected chi connectivity index (χ3v) is 4.32. The first kappa shape index (κ1) is 15.2. The van der Waals surface area contributed by atoms with Crippen LogP contribution in [-0.4, -0.2) is 17.5 Å². The maximum Gasteiger partial charge on any atom is 0.200 e. The number of ketones is 1. The van der Waals surface area contributed by atoms with E-state index in [1.54, 1.807) is 0 Å². The second-order valence-electron chi connectivity index (χ2n) is 5.95. The summed E-state index contributed by atoms with van der Waals surface area (Å²) in [6.45, 7) is 0. The highest BCUT2D eigenvalue weighted by Crippen LogP contribution is 2.32. The fourth-order valence-electron chi connectivity index (χ4n) is 3.22. The van der Waals surface area contributed by atoms with Crippen LogP contribution in [-0.2, 0) is 11.2 Å². The van der Waals surface area contributed by atoms with Crippen molar-refractivity contribution in [2.45, 2.75) is 12.5 Å². The van der Waals surface area contributed by atoms with Gasteiger partial charge >= 0.3 is 0 Å². The molecule has 1 unspecified atom stereocenters. The van der Waals surface area contributed by atoms with Crippen LogP contribution in [0, 0.1) is 4.91 Å². The van der Waals surface area contributed by atoms with Crippen LogP contribution in [0.3, 0.4) is 0 Å². The lowest BCUT2D eigenvalue weighted by molar-refractivity contribution is -0.115. The Morgan fingerprint density at radius 2 is 1.68 bits per heavy atom. The van der Waals surface area contributed by atoms with Crippen LogP contribution in [0.25, 0.3) is 5.57 Å². The minimum Gasteiger partial charge on any atom is -0.373 e. The lowest BCUT2D eigenvalue weighted by Crippen LogP contribution is -2.38. The van der Waals surface area contributed by atoms with Crippen LogP contribution in [0.2, 0.25) is 0 Å². The highest BCUT2D eigenvalue weighted by Gasteiger charge is 2.37. The Morgan fingerprint density at radius 3 is 2.36 bits per heavy atom. The number of nitrogens with one attached hydrogen (secondary N) is 1. The summed E-state index contributed by atoms with van der Waals surface area (Å²) in [5.41, 5.74) is 4.46. The third kappa shape index (κ3) is 2.80. The van der Waals surface area contributed by atoms with E-state index in [0.29, 0.717) is 12.1 Å². The molecule has 2 aromatic carbocycles. The van der Waals surface area contributed by atoms with Gasteiger partial charge in [0.2, 0.25) is 0 Å². The lowest BCUT2D eigenvalue weighted by atomic mass is 9.94. The van der Waals surface area contributed by atoms with Gasteiger partial charge in [-0.05, 0) is 16.3 Å². The average molecular weight is 329 g/mol. The van der Waals surface area contributed by atoms with Crippen LogP contribution < -0.4 is 5.32 Å². The number of carbonyl (C=O) groups excluding carboxylic acids is 1. The third-order valence-electron chi connectivity index (χ3n) is 4.32. The smallest absolute Gasteiger partial charge is 0.200 e. The van der Waals surface area contributed by atoms with Crippen molar-refractivity contribution in [1.82, 2.24) is 5.32 Å². The molecule has 5 nitrogen and oxygen atoms in total. The molecule has 0 saturated heterocycles. The van der Waals surface area contributed by atoms with Gasteiger partial charge in [-0.25, -0.2) is 4.99 Å². The molecule has 5 heteroatoms.